The molecule has 1 aromatic carbocycles. The summed E-state index contributed by atoms with van der Waals surface area (Å²) in [6, 6.07) is 7.65. The molecule has 0 radical (unpaired) electrons. The topological polar surface area (TPSA) is 140 Å². The number of hydrogen-bond donors (Lipinski definition) is 4. The Balaban J connectivity index is 1.50. The SMILES string of the molecule is CC(C)(C)Nc1nc(Nc2ccc(OCCCCCCC(=O)ON)cc2)nc2nc[nH]c12. The summed E-state index contributed by atoms with van der Waals surface area (Å²) in [5.74, 6) is 6.39. The van der Waals surface area contributed by atoms with E-state index in [4.69, 9.17) is 10.6 Å². The summed E-state index contributed by atoms with van der Waals surface area (Å²) in [7, 11) is 0. The van der Waals surface area contributed by atoms with Gasteiger partial charge in [0.25, 0.3) is 0 Å². The minimum absolute atomic E-state index is 0.154. The Morgan fingerprint density at radius 1 is 1.09 bits per heavy atom. The number of H-pyrrole nitrogens is 1. The number of hydrogen-bond acceptors (Lipinski definition) is 9. The number of nitrogens with two attached hydrogens (primary N) is 1. The molecular weight excluding hydrogens is 410 g/mol. The second kappa shape index (κ2) is 10.8. The molecule has 2 aromatic heterocycles. The molecule has 5 N–H and O–H groups in total. The van der Waals surface area contributed by atoms with Crippen molar-refractivity contribution >= 4 is 34.6 Å². The number of aromatic nitrogens is 4. The quantitative estimate of drug-likeness (QED) is 0.256. The summed E-state index contributed by atoms with van der Waals surface area (Å²) in [6.45, 7) is 6.83. The Kier molecular flexibility index (Phi) is 7.82. The summed E-state index contributed by atoms with van der Waals surface area (Å²) in [5.41, 5.74) is 2.06. The van der Waals surface area contributed by atoms with Gasteiger partial charge >= 0.3 is 5.97 Å². The van der Waals surface area contributed by atoms with Gasteiger partial charge in [0.15, 0.2) is 11.5 Å². The molecule has 10 nitrogen and oxygen atoms in total. The number of carbonyl (C=O) groups excluding carboxylic acids is 1. The predicted molar refractivity (Wildman–Crippen MR) is 124 cm³/mol. The lowest BCUT2D eigenvalue weighted by molar-refractivity contribution is -0.144. The average molecular weight is 442 g/mol. The summed E-state index contributed by atoms with van der Waals surface area (Å²) in [4.78, 5) is 31.5. The smallest absolute Gasteiger partial charge is 0.324 e. The number of benzene rings is 1. The van der Waals surface area contributed by atoms with E-state index in [2.05, 4.69) is 56.2 Å². The Bertz CT molecular complexity index is 1010. The van der Waals surface area contributed by atoms with E-state index < -0.39 is 0 Å². The molecule has 0 atom stereocenters. The third kappa shape index (κ3) is 7.09. The number of imidazole rings is 1. The minimum atomic E-state index is -0.369. The molecule has 0 saturated heterocycles. The van der Waals surface area contributed by atoms with Crippen LogP contribution in [0.25, 0.3) is 11.2 Å². The molecule has 0 saturated carbocycles. The van der Waals surface area contributed by atoms with Crippen molar-refractivity contribution in [3.63, 3.8) is 0 Å². The summed E-state index contributed by atoms with van der Waals surface area (Å²) >= 11 is 0. The van der Waals surface area contributed by atoms with Gasteiger partial charge in [0, 0.05) is 17.6 Å². The number of anilines is 3. The summed E-state index contributed by atoms with van der Waals surface area (Å²) in [6.07, 6.45) is 5.57. The van der Waals surface area contributed by atoms with E-state index in [0.717, 1.165) is 42.6 Å². The Hall–Kier alpha value is -3.40. The van der Waals surface area contributed by atoms with Gasteiger partial charge in [-0.15, -0.1) is 0 Å². The molecule has 32 heavy (non-hydrogen) atoms. The minimum Gasteiger partial charge on any atom is -0.494 e. The van der Waals surface area contributed by atoms with E-state index in [9.17, 15) is 4.79 Å². The van der Waals surface area contributed by atoms with Crippen LogP contribution in [0.2, 0.25) is 0 Å². The number of rotatable bonds is 11. The molecule has 0 spiro atoms. The molecule has 0 bridgehead atoms. The van der Waals surface area contributed by atoms with Crippen LogP contribution >= 0.6 is 0 Å². The van der Waals surface area contributed by atoms with Gasteiger partial charge in [0.2, 0.25) is 5.95 Å². The molecule has 0 unspecified atom stereocenters. The van der Waals surface area contributed by atoms with Crippen molar-refractivity contribution in [2.45, 2.75) is 58.4 Å². The number of fused-ring (bicyclic) bond motifs is 1. The maximum absolute atomic E-state index is 11.0. The van der Waals surface area contributed by atoms with Crippen LogP contribution in [0.1, 0.15) is 52.9 Å². The average Bonchev–Trinajstić information content (AvgIpc) is 3.22. The van der Waals surface area contributed by atoms with Crippen molar-refractivity contribution in [1.29, 1.82) is 0 Å². The Labute approximate surface area is 187 Å². The second-order valence-corrected chi connectivity index (χ2v) is 8.52. The fraction of sp³-hybridized carbons (Fsp3) is 0.455. The van der Waals surface area contributed by atoms with Gasteiger partial charge in [0.05, 0.1) is 12.9 Å². The van der Waals surface area contributed by atoms with Gasteiger partial charge in [-0.25, -0.2) is 4.98 Å². The van der Waals surface area contributed by atoms with Crippen LogP contribution in [0.15, 0.2) is 30.6 Å². The summed E-state index contributed by atoms with van der Waals surface area (Å²) in [5, 5.41) is 6.61. The van der Waals surface area contributed by atoms with Crippen LogP contribution in [0, 0.1) is 0 Å². The van der Waals surface area contributed by atoms with Crippen LogP contribution in [0.5, 0.6) is 5.75 Å². The van der Waals surface area contributed by atoms with E-state index in [0.29, 0.717) is 30.4 Å². The van der Waals surface area contributed by atoms with E-state index in [1.54, 1.807) is 6.33 Å². The monoisotopic (exact) mass is 441 g/mol. The van der Waals surface area contributed by atoms with E-state index in [1.165, 1.54) is 0 Å². The molecule has 0 aliphatic rings. The van der Waals surface area contributed by atoms with Gasteiger partial charge in [0.1, 0.15) is 11.3 Å². The maximum atomic E-state index is 11.0. The number of nitrogens with one attached hydrogen (secondary N) is 3. The second-order valence-electron chi connectivity index (χ2n) is 8.52. The van der Waals surface area contributed by atoms with Crippen LogP contribution in [0.4, 0.5) is 17.5 Å². The van der Waals surface area contributed by atoms with Crippen LogP contribution in [-0.4, -0.2) is 38.1 Å². The van der Waals surface area contributed by atoms with Gasteiger partial charge in [-0.1, -0.05) is 12.8 Å². The standard InChI is InChI=1S/C22H31N7O3/c1-22(2,3)29-20-18-19(25-14-24-18)27-21(28-20)26-15-9-11-16(12-10-15)31-13-7-5-4-6-8-17(30)32-23/h9-12,14H,4-8,13,23H2,1-3H3,(H3,24,25,26,27,28,29). The first-order valence-corrected chi connectivity index (χ1v) is 10.7. The molecule has 2 heterocycles. The molecule has 172 valence electrons. The number of ether oxygens (including phenoxy) is 1. The lowest BCUT2D eigenvalue weighted by atomic mass is 10.1. The van der Waals surface area contributed by atoms with Crippen molar-refractivity contribution in [1.82, 2.24) is 19.9 Å². The van der Waals surface area contributed by atoms with Crippen molar-refractivity contribution in [3.8, 4) is 5.75 Å². The van der Waals surface area contributed by atoms with Gasteiger partial charge in [-0.2, -0.15) is 15.9 Å². The lowest BCUT2D eigenvalue weighted by Crippen LogP contribution is -2.27. The third-order valence-electron chi connectivity index (χ3n) is 4.56. The fourth-order valence-corrected chi connectivity index (χ4v) is 3.07. The van der Waals surface area contributed by atoms with Crippen molar-refractivity contribution in [2.75, 3.05) is 17.2 Å². The Morgan fingerprint density at radius 3 is 2.56 bits per heavy atom. The van der Waals surface area contributed by atoms with Crippen LogP contribution < -0.4 is 21.3 Å². The van der Waals surface area contributed by atoms with Crippen LogP contribution in [-0.2, 0) is 9.63 Å². The highest BCUT2D eigenvalue weighted by Crippen LogP contribution is 2.24. The van der Waals surface area contributed by atoms with Crippen molar-refractivity contribution in [3.05, 3.63) is 30.6 Å². The maximum Gasteiger partial charge on any atom is 0.324 e. The molecule has 0 aliphatic heterocycles. The van der Waals surface area contributed by atoms with Gasteiger partial charge in [-0.3, -0.25) is 4.79 Å². The number of unbranched alkanes of at least 4 members (excludes halogenated alkanes) is 3. The number of nitrogens with zero attached hydrogens (tertiary/aromatic N) is 3. The number of aromatic amines is 1. The molecule has 0 amide bonds. The molecule has 0 aliphatic carbocycles. The third-order valence-corrected chi connectivity index (χ3v) is 4.56. The predicted octanol–water partition coefficient (Wildman–Crippen LogP) is 4.05. The molecule has 10 heteroatoms. The Morgan fingerprint density at radius 2 is 1.84 bits per heavy atom. The largest absolute Gasteiger partial charge is 0.494 e. The molecule has 3 rings (SSSR count). The zero-order chi connectivity index (χ0) is 23.0. The molecule has 0 fully saturated rings. The van der Waals surface area contributed by atoms with Crippen molar-refractivity contribution in [2.24, 2.45) is 5.90 Å². The van der Waals surface area contributed by atoms with E-state index in [1.807, 2.05) is 24.3 Å². The molecular formula is C22H31N7O3. The van der Waals surface area contributed by atoms with E-state index >= 15 is 0 Å². The normalized spacial score (nSPS) is 11.4. The highest BCUT2D eigenvalue weighted by Gasteiger charge is 2.16. The van der Waals surface area contributed by atoms with Gasteiger partial charge < -0.3 is 25.2 Å². The first kappa shape index (κ1) is 23.3. The highest BCUT2D eigenvalue weighted by atomic mass is 16.7. The zero-order valence-electron chi connectivity index (χ0n) is 18.8. The van der Waals surface area contributed by atoms with Crippen molar-refractivity contribution < 1.29 is 14.4 Å². The molecule has 3 aromatic rings. The summed E-state index contributed by atoms with van der Waals surface area (Å²) < 4.78 is 5.79. The number of carbonyl (C=O) groups is 1. The lowest BCUT2D eigenvalue weighted by Gasteiger charge is -2.21. The highest BCUT2D eigenvalue weighted by molar-refractivity contribution is 5.84. The zero-order valence-corrected chi connectivity index (χ0v) is 18.8. The van der Waals surface area contributed by atoms with Gasteiger partial charge in [-0.05, 0) is 57.9 Å². The fourth-order valence-electron chi connectivity index (χ4n) is 3.07. The van der Waals surface area contributed by atoms with Crippen LogP contribution in [0.3, 0.4) is 0 Å². The van der Waals surface area contributed by atoms with E-state index in [-0.39, 0.29) is 11.5 Å². The first-order valence-electron chi connectivity index (χ1n) is 10.7. The first-order chi connectivity index (χ1) is 15.3.